The Bertz CT molecular complexity index is 3750. The van der Waals surface area contributed by atoms with Gasteiger partial charge in [0.2, 0.25) is 23.6 Å². The molecule has 9 fully saturated rings. The molecule has 6 bridgehead atoms. The molecule has 0 aliphatic carbocycles. The van der Waals surface area contributed by atoms with E-state index in [1.165, 1.54) is 20.8 Å². The first kappa shape index (κ1) is 102. The van der Waals surface area contributed by atoms with E-state index in [4.69, 9.17) is 128 Å². The molecular formula is C84H132N14O31S2. The summed E-state index contributed by atoms with van der Waals surface area (Å²) in [5, 5.41) is 39.0. The molecule has 736 valence electrons. The standard InChI is InChI=1S/C84H132N14O31S2/c1-58(99)86-66-69-72(124-78(4,5)121-69)82(55-118-75(66)127-82)52-112-39-36-109-33-30-106-27-24-103-21-18-96-43-61(90-93-96)46-115-49-81(89-64(102)15-11-10-14-42-130-131-65-16-12-13-17-85-65,50-116-47-62-44-97(94-91-62)19-22-104-25-28-107-31-34-110-37-40-113-53-83-56-119-76(128-83)67(87-59(2)100)70-73(83)125-79(6,7)122-70)51-117-48-63-45-98(95-92-63)20-23-105-26-29-108-32-35-111-38-41-114-54-84-57-120-77(129-84)68(88-60(3)101)71-74(84)126-80(8,9)123-71/h12-13,16-17,43-45,66-77H,10-11,14-15,18-42,46-57H2,1-9H3,(H,86,99)(H,87,100)(H,88,101)(H,89,102)/t66-,67-,68-,69-,70-,71-,72-,73-,74-,75+,76+,77+,82+,83+,84+/m1/s1. The Balaban J connectivity index is 0.530. The maximum atomic E-state index is 14.3. The minimum absolute atomic E-state index is 0.0344. The van der Waals surface area contributed by atoms with E-state index in [2.05, 4.69) is 57.2 Å². The molecule has 4 aromatic heterocycles. The number of hydrogen-bond donors (Lipinski definition) is 4. The van der Waals surface area contributed by atoms with Crippen LogP contribution in [-0.4, -0.2) is 391 Å². The Kier molecular flexibility index (Phi) is 39.4. The van der Waals surface area contributed by atoms with E-state index in [9.17, 15) is 19.2 Å². The highest BCUT2D eigenvalue weighted by molar-refractivity contribution is 8.76. The number of hydrogen-bond acceptors (Lipinski definition) is 40. The lowest BCUT2D eigenvalue weighted by molar-refractivity contribution is -0.214. The third-order valence-corrected chi connectivity index (χ3v) is 24.6. The van der Waals surface area contributed by atoms with Crippen molar-refractivity contribution >= 4 is 45.2 Å². The SMILES string of the molecule is CC(=O)N[C@H]1[C@H]2OC[C@](COCCOCCOCCOCCn3cc(COCC(COCc4cn(CCOCCOCCOCCOC[C@@]56CO[C@@H](O5)[C@H](NC(C)=O)[C@H]5OC(C)(C)O[C@H]56)nn4)(COCc4cn(CCOCCOCCOCCOC[C@@]56CO[C@@H](O5)[C@H](NC(C)=O)[C@H]5OC(C)(C)O[C@H]56)nn4)NC(=O)CCCCCSSc4ccccn4)nn3)(O2)[C@@H]2OC(C)(C)O[C@H]12. The van der Waals surface area contributed by atoms with Gasteiger partial charge in [-0.3, -0.25) is 19.2 Å². The number of rotatable bonds is 66. The maximum absolute atomic E-state index is 14.3. The Labute approximate surface area is 769 Å². The Morgan fingerprint density at radius 3 is 1.06 bits per heavy atom. The third-order valence-electron chi connectivity index (χ3n) is 22.3. The number of fused-ring (bicyclic) bond motifs is 12. The van der Waals surface area contributed by atoms with Gasteiger partial charge in [0, 0.05) is 39.1 Å². The fourth-order valence-corrected chi connectivity index (χ4v) is 18.5. The van der Waals surface area contributed by atoms with Crippen LogP contribution in [0.25, 0.3) is 0 Å². The van der Waals surface area contributed by atoms with Crippen molar-refractivity contribution < 1.29 is 147 Å². The van der Waals surface area contributed by atoms with Gasteiger partial charge in [0.25, 0.3) is 0 Å². The van der Waals surface area contributed by atoms with E-state index in [0.29, 0.717) is 182 Å². The molecule has 4 amide bonds. The smallest absolute Gasteiger partial charge is 0.220 e. The Morgan fingerprint density at radius 1 is 0.412 bits per heavy atom. The highest BCUT2D eigenvalue weighted by Crippen LogP contribution is 2.50. The van der Waals surface area contributed by atoms with E-state index >= 15 is 0 Å². The number of nitrogens with one attached hydrogen (secondary N) is 4. The monoisotopic (exact) mass is 1900 g/mol. The topological polar surface area (TPSA) is 471 Å². The van der Waals surface area contributed by atoms with Gasteiger partial charge in [-0.2, -0.15) is 0 Å². The van der Waals surface area contributed by atoms with Crippen molar-refractivity contribution in [3.63, 3.8) is 0 Å². The summed E-state index contributed by atoms with van der Waals surface area (Å²) in [5.74, 6) is -2.58. The highest BCUT2D eigenvalue weighted by Gasteiger charge is 2.69. The molecule has 4 N–H and O–H groups in total. The zero-order valence-electron chi connectivity index (χ0n) is 76.4. The summed E-state index contributed by atoms with van der Waals surface area (Å²) in [5.41, 5.74) is -2.29. The van der Waals surface area contributed by atoms with E-state index in [1.807, 2.05) is 59.7 Å². The average molecular weight is 1900 g/mol. The molecule has 13 rings (SSSR count). The minimum atomic E-state index is -1.25. The van der Waals surface area contributed by atoms with Crippen LogP contribution in [0.15, 0.2) is 48.0 Å². The average Bonchev–Trinajstić information content (AvgIpc) is 1.58. The van der Waals surface area contributed by atoms with Gasteiger partial charge in [-0.1, -0.05) is 38.9 Å². The van der Waals surface area contributed by atoms with Gasteiger partial charge in [0.1, 0.15) is 99.2 Å². The summed E-state index contributed by atoms with van der Waals surface area (Å²) >= 11 is 0. The second-order valence-electron chi connectivity index (χ2n) is 34.6. The molecule has 45 nitrogen and oxygen atoms in total. The van der Waals surface area contributed by atoms with Crippen molar-refractivity contribution in [1.82, 2.24) is 71.2 Å². The first-order valence-electron chi connectivity index (χ1n) is 45.0. The highest BCUT2D eigenvalue weighted by atomic mass is 33.1. The van der Waals surface area contributed by atoms with Gasteiger partial charge in [-0.25, -0.2) is 19.0 Å². The van der Waals surface area contributed by atoms with Gasteiger partial charge in [0.15, 0.2) is 36.2 Å². The molecule has 9 saturated heterocycles. The van der Waals surface area contributed by atoms with E-state index in [-0.39, 0.29) is 109 Å². The predicted octanol–water partition coefficient (Wildman–Crippen LogP) is 1.31. The van der Waals surface area contributed by atoms with Crippen LogP contribution in [0.3, 0.4) is 0 Å². The van der Waals surface area contributed by atoms with Crippen molar-refractivity contribution in [3.8, 4) is 0 Å². The predicted molar refractivity (Wildman–Crippen MR) is 456 cm³/mol. The molecule has 9 aliphatic heterocycles. The van der Waals surface area contributed by atoms with Gasteiger partial charge in [-0.15, -0.1) is 15.3 Å². The van der Waals surface area contributed by atoms with Gasteiger partial charge in [0.05, 0.1) is 256 Å². The summed E-state index contributed by atoms with van der Waals surface area (Å²) in [6.45, 7) is 24.8. The fourth-order valence-electron chi connectivity index (χ4n) is 16.5. The van der Waals surface area contributed by atoms with Crippen LogP contribution in [0, 0.1) is 0 Å². The number of ether oxygens (including phenoxy) is 27. The maximum Gasteiger partial charge on any atom is 0.220 e. The largest absolute Gasteiger partial charge is 0.377 e. The molecule has 131 heavy (non-hydrogen) atoms. The van der Waals surface area contributed by atoms with Gasteiger partial charge >= 0.3 is 0 Å². The molecule has 15 atom stereocenters. The van der Waals surface area contributed by atoms with Crippen LogP contribution < -0.4 is 21.3 Å². The molecule has 4 aromatic rings. The molecule has 0 spiro atoms. The number of carbonyl (C=O) groups excluding carboxylic acids is 4. The quantitative estimate of drug-likeness (QED) is 0.0357. The lowest BCUT2D eigenvalue weighted by atomic mass is 9.88. The Morgan fingerprint density at radius 2 is 0.740 bits per heavy atom. The van der Waals surface area contributed by atoms with Crippen molar-refractivity contribution in [1.29, 1.82) is 0 Å². The molecular weight excluding hydrogens is 1770 g/mol. The lowest BCUT2D eigenvalue weighted by Crippen LogP contribution is -2.65. The number of pyridine rings is 1. The molecule has 47 heteroatoms. The van der Waals surface area contributed by atoms with E-state index in [0.717, 1.165) is 23.6 Å². The molecule has 0 radical (unpaired) electrons. The van der Waals surface area contributed by atoms with Crippen molar-refractivity contribution in [3.05, 3.63) is 60.1 Å². The van der Waals surface area contributed by atoms with E-state index in [1.54, 1.807) is 60.4 Å². The van der Waals surface area contributed by atoms with Gasteiger partial charge in [-0.05, 0) is 77.3 Å². The van der Waals surface area contributed by atoms with Gasteiger partial charge < -0.3 is 149 Å². The second kappa shape index (κ2) is 50.4. The number of nitrogens with zero attached hydrogens (tertiary/aromatic N) is 10. The normalized spacial score (nSPS) is 27.5. The van der Waals surface area contributed by atoms with Crippen LogP contribution in [-0.2, 0) is 187 Å². The zero-order chi connectivity index (χ0) is 92.0. The zero-order valence-corrected chi connectivity index (χ0v) is 78.0. The summed E-state index contributed by atoms with van der Waals surface area (Å²) in [6.07, 6.45) is 4.74. The number of unbranched alkanes of at least 4 members (excludes halogenated alkanes) is 2. The molecule has 13 heterocycles. The summed E-state index contributed by atoms with van der Waals surface area (Å²) in [4.78, 5) is 54.7. The number of carbonyl (C=O) groups is 4. The first-order chi connectivity index (χ1) is 63.4. The molecule has 0 unspecified atom stereocenters. The molecule has 0 aromatic carbocycles. The summed E-state index contributed by atoms with van der Waals surface area (Å²) in [6, 6.07) is 4.29. The van der Waals surface area contributed by atoms with Crippen molar-refractivity contribution in [2.75, 3.05) is 204 Å². The number of aromatic nitrogens is 10. The van der Waals surface area contributed by atoms with Crippen LogP contribution in [0.4, 0.5) is 0 Å². The second-order valence-corrected chi connectivity index (χ2v) is 37.0. The first-order valence-corrected chi connectivity index (χ1v) is 47.3. The summed E-state index contributed by atoms with van der Waals surface area (Å²) in [7, 11) is 3.36. The minimum Gasteiger partial charge on any atom is -0.377 e. The van der Waals surface area contributed by atoms with Crippen molar-refractivity contribution in [2.45, 2.75) is 246 Å². The molecule has 9 aliphatic rings. The van der Waals surface area contributed by atoms with E-state index < -0.39 is 113 Å². The third kappa shape index (κ3) is 30.8. The Hall–Kier alpha value is -5.93. The fraction of sp³-hybridized carbons (Fsp3) is 0.821. The number of amides is 4. The van der Waals surface area contributed by atoms with Crippen LogP contribution in [0.5, 0.6) is 0 Å². The van der Waals surface area contributed by atoms with Crippen molar-refractivity contribution in [2.24, 2.45) is 0 Å². The lowest BCUT2D eigenvalue weighted by Gasteiger charge is -2.42. The van der Waals surface area contributed by atoms with Crippen LogP contribution >= 0.6 is 21.6 Å². The summed E-state index contributed by atoms with van der Waals surface area (Å²) < 4.78 is 169. The van der Waals surface area contributed by atoms with Crippen LogP contribution in [0.2, 0.25) is 0 Å². The molecule has 0 saturated carbocycles. The van der Waals surface area contributed by atoms with Crippen LogP contribution in [0.1, 0.15) is 105 Å².